The predicted octanol–water partition coefficient (Wildman–Crippen LogP) is 0.858. The second kappa shape index (κ2) is 6.05. The Bertz CT molecular complexity index is 166. The zero-order chi connectivity index (χ0) is 8.97. The fourth-order valence-corrected chi connectivity index (χ4v) is 1.48. The van der Waals surface area contributed by atoms with Gasteiger partial charge >= 0.3 is 6.09 Å². The lowest BCUT2D eigenvalue weighted by molar-refractivity contribution is 0.0934. The highest BCUT2D eigenvalue weighted by molar-refractivity contribution is 5.85. The monoisotopic (exact) mass is 208 g/mol. The Morgan fingerprint density at radius 2 is 2.38 bits per heavy atom. The summed E-state index contributed by atoms with van der Waals surface area (Å²) < 4.78 is 4.68. The van der Waals surface area contributed by atoms with E-state index in [0.29, 0.717) is 6.04 Å². The zero-order valence-electron chi connectivity index (χ0n) is 8.08. The molecule has 1 saturated heterocycles. The molecule has 78 valence electrons. The average molecular weight is 209 g/mol. The molecule has 0 saturated carbocycles. The van der Waals surface area contributed by atoms with Crippen LogP contribution >= 0.6 is 12.4 Å². The molecule has 1 fully saturated rings. The van der Waals surface area contributed by atoms with Crippen LogP contribution in [0.3, 0.4) is 0 Å². The number of halogens is 1. The molecule has 4 nitrogen and oxygen atoms in total. The number of methoxy groups -OCH3 is 1. The van der Waals surface area contributed by atoms with Gasteiger partial charge < -0.3 is 15.0 Å². The van der Waals surface area contributed by atoms with Crippen molar-refractivity contribution in [2.45, 2.75) is 19.4 Å². The Morgan fingerprint density at radius 3 is 2.92 bits per heavy atom. The van der Waals surface area contributed by atoms with Crippen molar-refractivity contribution in [3.8, 4) is 0 Å². The van der Waals surface area contributed by atoms with E-state index in [4.69, 9.17) is 0 Å². The van der Waals surface area contributed by atoms with Crippen LogP contribution in [-0.2, 0) is 4.74 Å². The Hall–Kier alpha value is -0.480. The summed E-state index contributed by atoms with van der Waals surface area (Å²) in [5.41, 5.74) is 0. The normalized spacial score (nSPS) is 22.0. The van der Waals surface area contributed by atoms with Gasteiger partial charge in [0.25, 0.3) is 0 Å². The number of nitrogens with one attached hydrogen (secondary N) is 1. The van der Waals surface area contributed by atoms with Gasteiger partial charge in [-0.1, -0.05) is 6.92 Å². The molecule has 0 aliphatic carbocycles. The maximum absolute atomic E-state index is 11.2. The highest BCUT2D eigenvalue weighted by Gasteiger charge is 2.25. The van der Waals surface area contributed by atoms with Crippen LogP contribution in [0.5, 0.6) is 0 Å². The third-order valence-corrected chi connectivity index (χ3v) is 2.23. The first-order valence-electron chi connectivity index (χ1n) is 4.35. The molecule has 0 aromatic rings. The molecule has 0 aromatic carbocycles. The largest absolute Gasteiger partial charge is 0.453 e. The molecule has 0 bridgehead atoms. The smallest absolute Gasteiger partial charge is 0.409 e. The molecule has 1 heterocycles. The van der Waals surface area contributed by atoms with Crippen molar-refractivity contribution in [2.75, 3.05) is 26.7 Å². The van der Waals surface area contributed by atoms with E-state index in [1.807, 2.05) is 0 Å². The van der Waals surface area contributed by atoms with Gasteiger partial charge in [-0.25, -0.2) is 4.79 Å². The van der Waals surface area contributed by atoms with E-state index in [1.165, 1.54) is 7.11 Å². The number of carbonyl (C=O) groups is 1. The minimum Gasteiger partial charge on any atom is -0.453 e. The van der Waals surface area contributed by atoms with Gasteiger partial charge in [0.2, 0.25) is 0 Å². The third-order valence-electron chi connectivity index (χ3n) is 2.23. The highest BCUT2D eigenvalue weighted by Crippen LogP contribution is 2.07. The van der Waals surface area contributed by atoms with Gasteiger partial charge in [0.05, 0.1) is 7.11 Å². The molecular weight excluding hydrogens is 192 g/mol. The Balaban J connectivity index is 0.00000144. The summed E-state index contributed by atoms with van der Waals surface area (Å²) in [7, 11) is 1.43. The number of ether oxygens (including phenoxy) is 1. The maximum Gasteiger partial charge on any atom is 0.409 e. The first-order chi connectivity index (χ1) is 5.79. The molecule has 0 spiro atoms. The van der Waals surface area contributed by atoms with E-state index in [9.17, 15) is 4.79 Å². The van der Waals surface area contributed by atoms with Gasteiger partial charge in [0.15, 0.2) is 0 Å². The topological polar surface area (TPSA) is 41.6 Å². The maximum atomic E-state index is 11.2. The first-order valence-corrected chi connectivity index (χ1v) is 4.35. The second-order valence-corrected chi connectivity index (χ2v) is 2.93. The Kier molecular flexibility index (Phi) is 5.82. The molecule has 1 amide bonds. The van der Waals surface area contributed by atoms with Crippen molar-refractivity contribution >= 4 is 18.5 Å². The van der Waals surface area contributed by atoms with E-state index in [-0.39, 0.29) is 18.5 Å². The molecule has 0 radical (unpaired) electrons. The molecule has 5 heteroatoms. The molecule has 1 unspecified atom stereocenters. The molecule has 1 aliphatic rings. The number of piperazine rings is 1. The van der Waals surface area contributed by atoms with E-state index in [0.717, 1.165) is 26.1 Å². The fraction of sp³-hybridized carbons (Fsp3) is 0.875. The fourth-order valence-electron chi connectivity index (χ4n) is 1.48. The zero-order valence-corrected chi connectivity index (χ0v) is 8.89. The molecule has 0 aromatic heterocycles. The first kappa shape index (κ1) is 12.5. The lowest BCUT2D eigenvalue weighted by atomic mass is 10.1. The summed E-state index contributed by atoms with van der Waals surface area (Å²) in [6, 6.07) is 0.297. The average Bonchev–Trinajstić information content (AvgIpc) is 2.16. The molecule has 1 aliphatic heterocycles. The van der Waals surface area contributed by atoms with Crippen LogP contribution in [0.4, 0.5) is 4.79 Å². The number of rotatable bonds is 1. The lowest BCUT2D eigenvalue weighted by Gasteiger charge is -2.34. The summed E-state index contributed by atoms with van der Waals surface area (Å²) in [4.78, 5) is 13.0. The van der Waals surface area contributed by atoms with E-state index >= 15 is 0 Å². The summed E-state index contributed by atoms with van der Waals surface area (Å²) in [5.74, 6) is 0. The number of hydrogen-bond acceptors (Lipinski definition) is 3. The highest BCUT2D eigenvalue weighted by atomic mass is 35.5. The van der Waals surface area contributed by atoms with Gasteiger partial charge in [-0.15, -0.1) is 12.4 Å². The predicted molar refractivity (Wildman–Crippen MR) is 53.3 cm³/mol. The van der Waals surface area contributed by atoms with Crippen LogP contribution in [0.1, 0.15) is 13.3 Å². The van der Waals surface area contributed by atoms with Crippen molar-refractivity contribution in [2.24, 2.45) is 0 Å². The molecule has 13 heavy (non-hydrogen) atoms. The van der Waals surface area contributed by atoms with Crippen LogP contribution in [0, 0.1) is 0 Å². The Labute approximate surface area is 85.0 Å². The van der Waals surface area contributed by atoms with Gasteiger partial charge in [-0.2, -0.15) is 0 Å². The number of amides is 1. The minimum atomic E-state index is -0.205. The number of hydrogen-bond donors (Lipinski definition) is 1. The second-order valence-electron chi connectivity index (χ2n) is 2.93. The summed E-state index contributed by atoms with van der Waals surface area (Å²) in [5, 5.41) is 3.25. The molecule has 1 N–H and O–H groups in total. The lowest BCUT2D eigenvalue weighted by Crippen LogP contribution is -2.53. The van der Waals surface area contributed by atoms with E-state index in [2.05, 4.69) is 17.0 Å². The summed E-state index contributed by atoms with van der Waals surface area (Å²) >= 11 is 0. The molecule has 1 atom stereocenters. The van der Waals surface area contributed by atoms with Crippen LogP contribution in [0.25, 0.3) is 0 Å². The summed E-state index contributed by atoms with van der Waals surface area (Å²) in [6.07, 6.45) is 0.769. The van der Waals surface area contributed by atoms with Gasteiger partial charge in [0, 0.05) is 25.7 Å². The van der Waals surface area contributed by atoms with Crippen LogP contribution in [-0.4, -0.2) is 43.8 Å². The van der Waals surface area contributed by atoms with Crippen molar-refractivity contribution in [1.82, 2.24) is 10.2 Å². The van der Waals surface area contributed by atoms with Gasteiger partial charge in [-0.3, -0.25) is 0 Å². The van der Waals surface area contributed by atoms with E-state index in [1.54, 1.807) is 4.90 Å². The standard InChI is InChI=1S/C8H16N2O2.ClH/c1-3-7-6-9-4-5-10(7)8(11)12-2;/h7,9H,3-6H2,1-2H3;1H. The quantitative estimate of drug-likeness (QED) is 0.695. The SMILES string of the molecule is CCC1CNCCN1C(=O)OC.Cl. The number of nitrogens with zero attached hydrogens (tertiary/aromatic N) is 1. The van der Waals surface area contributed by atoms with Crippen molar-refractivity contribution < 1.29 is 9.53 Å². The van der Waals surface area contributed by atoms with Crippen LogP contribution < -0.4 is 5.32 Å². The minimum absolute atomic E-state index is 0. The molecular formula is C8H17ClN2O2. The van der Waals surface area contributed by atoms with Gasteiger partial charge in [-0.05, 0) is 6.42 Å². The van der Waals surface area contributed by atoms with E-state index < -0.39 is 0 Å². The molecule has 1 rings (SSSR count). The number of carbonyl (C=O) groups excluding carboxylic acids is 1. The van der Waals surface area contributed by atoms with Gasteiger partial charge in [0.1, 0.15) is 0 Å². The summed E-state index contributed by atoms with van der Waals surface area (Å²) in [6.45, 7) is 4.58. The van der Waals surface area contributed by atoms with Crippen molar-refractivity contribution in [1.29, 1.82) is 0 Å². The van der Waals surface area contributed by atoms with Crippen LogP contribution in [0.2, 0.25) is 0 Å². The third kappa shape index (κ3) is 3.04. The van der Waals surface area contributed by atoms with Crippen molar-refractivity contribution in [3.63, 3.8) is 0 Å². The van der Waals surface area contributed by atoms with Crippen LogP contribution in [0.15, 0.2) is 0 Å². The van der Waals surface area contributed by atoms with Crippen molar-refractivity contribution in [3.05, 3.63) is 0 Å². The Morgan fingerprint density at radius 1 is 1.69 bits per heavy atom.